The zero-order chi connectivity index (χ0) is 21.6. The van der Waals surface area contributed by atoms with Crippen molar-refractivity contribution >= 4 is 22.8 Å². The molecule has 1 aliphatic heterocycles. The number of carbonyl (C=O) groups is 2. The van der Waals surface area contributed by atoms with Crippen LogP contribution in [0.5, 0.6) is 11.5 Å². The van der Waals surface area contributed by atoms with E-state index in [4.69, 9.17) is 15.6 Å². The van der Waals surface area contributed by atoms with Gasteiger partial charge in [0.2, 0.25) is 0 Å². The molecule has 2 heterocycles. The van der Waals surface area contributed by atoms with Gasteiger partial charge in [0, 0.05) is 28.6 Å². The summed E-state index contributed by atoms with van der Waals surface area (Å²) >= 11 is 0. The Labute approximate surface area is 167 Å². The molecule has 1 amide bonds. The number of carboxylic acid groups (broad SMARTS) is 1. The summed E-state index contributed by atoms with van der Waals surface area (Å²) < 4.78 is 48.8. The van der Waals surface area contributed by atoms with Crippen molar-refractivity contribution in [3.63, 3.8) is 0 Å². The number of amides is 1. The van der Waals surface area contributed by atoms with Gasteiger partial charge in [0.25, 0.3) is 5.91 Å². The van der Waals surface area contributed by atoms with Gasteiger partial charge in [-0.3, -0.25) is 9.59 Å². The van der Waals surface area contributed by atoms with Gasteiger partial charge < -0.3 is 24.9 Å². The average Bonchev–Trinajstić information content (AvgIpc) is 3.21. The molecule has 0 saturated carbocycles. The monoisotopic (exact) mass is 420 g/mol. The van der Waals surface area contributed by atoms with Gasteiger partial charge in [0.1, 0.15) is 17.2 Å². The molecule has 0 aliphatic carbocycles. The molecule has 7 nitrogen and oxygen atoms in total. The fourth-order valence-corrected chi connectivity index (χ4v) is 3.62. The number of alkyl halides is 3. The Bertz CT molecular complexity index is 1170. The number of rotatable bonds is 5. The summed E-state index contributed by atoms with van der Waals surface area (Å²) in [5, 5.41) is 9.59. The molecule has 0 radical (unpaired) electrons. The molecular formula is C20H15F3N2O5. The van der Waals surface area contributed by atoms with Crippen molar-refractivity contribution in [2.24, 2.45) is 5.73 Å². The van der Waals surface area contributed by atoms with Gasteiger partial charge in [0.05, 0.1) is 18.5 Å². The zero-order valence-electron chi connectivity index (χ0n) is 15.3. The first-order chi connectivity index (χ1) is 14.1. The Morgan fingerprint density at radius 1 is 1.20 bits per heavy atom. The molecule has 1 aliphatic rings. The molecule has 3 N–H and O–H groups in total. The minimum atomic E-state index is -4.87. The number of hydrogen-bond acceptors (Lipinski definition) is 4. The zero-order valence-corrected chi connectivity index (χ0v) is 15.3. The van der Waals surface area contributed by atoms with Crippen LogP contribution in [-0.2, 0) is 4.79 Å². The fraction of sp³-hybridized carbons (Fsp3) is 0.200. The molecule has 0 spiro atoms. The van der Waals surface area contributed by atoms with E-state index in [1.165, 1.54) is 16.7 Å². The highest BCUT2D eigenvalue weighted by Gasteiger charge is 2.32. The number of carbonyl (C=O) groups excluding carboxylic acids is 1. The van der Waals surface area contributed by atoms with E-state index in [0.29, 0.717) is 22.4 Å². The minimum absolute atomic E-state index is 0.0582. The van der Waals surface area contributed by atoms with E-state index in [2.05, 4.69) is 4.74 Å². The van der Waals surface area contributed by atoms with E-state index >= 15 is 0 Å². The Kier molecular flexibility index (Phi) is 4.56. The quantitative estimate of drug-likeness (QED) is 0.657. The van der Waals surface area contributed by atoms with Crippen LogP contribution in [0.2, 0.25) is 0 Å². The van der Waals surface area contributed by atoms with Crippen molar-refractivity contribution < 1.29 is 37.3 Å². The molecule has 0 saturated heterocycles. The maximum atomic E-state index is 12.6. The van der Waals surface area contributed by atoms with Crippen LogP contribution in [0.3, 0.4) is 0 Å². The molecule has 3 aromatic rings. The summed E-state index contributed by atoms with van der Waals surface area (Å²) in [6, 6.07) is 10.1. The number of aliphatic carboxylic acids is 1. The third-order valence-electron chi connectivity index (χ3n) is 4.81. The van der Waals surface area contributed by atoms with Gasteiger partial charge >= 0.3 is 12.3 Å². The smallest absolute Gasteiger partial charge is 0.493 e. The number of fused-ring (bicyclic) bond motifs is 2. The van der Waals surface area contributed by atoms with Gasteiger partial charge in [-0.1, -0.05) is 0 Å². The van der Waals surface area contributed by atoms with E-state index < -0.39 is 24.0 Å². The number of halogens is 3. The summed E-state index contributed by atoms with van der Waals surface area (Å²) in [7, 11) is 0. The van der Waals surface area contributed by atoms with Gasteiger partial charge in [-0.2, -0.15) is 0 Å². The first-order valence-corrected chi connectivity index (χ1v) is 8.82. The Hall–Kier alpha value is -3.69. The predicted octanol–water partition coefficient (Wildman–Crippen LogP) is 3.58. The Morgan fingerprint density at radius 3 is 2.63 bits per heavy atom. The number of nitrogens with zero attached hydrogens (tertiary/aromatic N) is 1. The molecule has 0 fully saturated rings. The normalized spacial score (nSPS) is 15.6. The maximum absolute atomic E-state index is 12.6. The van der Waals surface area contributed by atoms with Crippen molar-refractivity contribution in [2.45, 2.75) is 18.7 Å². The second-order valence-corrected chi connectivity index (χ2v) is 6.83. The first-order valence-electron chi connectivity index (χ1n) is 8.82. The largest absolute Gasteiger partial charge is 0.573 e. The van der Waals surface area contributed by atoms with Crippen LogP contribution in [-0.4, -0.2) is 34.5 Å². The third kappa shape index (κ3) is 3.63. The molecule has 2 aromatic carbocycles. The van der Waals surface area contributed by atoms with E-state index in [0.717, 1.165) is 12.1 Å². The van der Waals surface area contributed by atoms with Gasteiger partial charge in [0.15, 0.2) is 0 Å². The van der Waals surface area contributed by atoms with Gasteiger partial charge in [-0.25, -0.2) is 0 Å². The molecule has 30 heavy (non-hydrogen) atoms. The highest BCUT2D eigenvalue weighted by Crippen LogP contribution is 2.38. The molecule has 0 bridgehead atoms. The van der Waals surface area contributed by atoms with E-state index in [1.54, 1.807) is 18.2 Å². The molecular weight excluding hydrogens is 405 g/mol. The van der Waals surface area contributed by atoms with Crippen molar-refractivity contribution in [3.8, 4) is 17.2 Å². The van der Waals surface area contributed by atoms with Crippen LogP contribution in [0, 0.1) is 0 Å². The summed E-state index contributed by atoms with van der Waals surface area (Å²) in [5.41, 5.74) is 6.89. The van der Waals surface area contributed by atoms with E-state index in [1.807, 2.05) is 0 Å². The van der Waals surface area contributed by atoms with Crippen molar-refractivity contribution in [2.75, 3.05) is 6.61 Å². The number of aromatic nitrogens is 1. The van der Waals surface area contributed by atoms with Crippen LogP contribution in [0.4, 0.5) is 13.2 Å². The SMILES string of the molecule is NC(=O)c1cc2ccc(OC(F)(F)F)cc2n1-c1ccc2c(c1)C(CC(=O)O)CO2. The maximum Gasteiger partial charge on any atom is 0.573 e. The van der Waals surface area contributed by atoms with Crippen molar-refractivity contribution in [3.05, 3.63) is 53.7 Å². The average molecular weight is 420 g/mol. The Morgan fingerprint density at radius 2 is 1.97 bits per heavy atom. The second kappa shape index (κ2) is 6.97. The summed E-state index contributed by atoms with van der Waals surface area (Å²) in [4.78, 5) is 23.1. The van der Waals surface area contributed by atoms with Crippen LogP contribution < -0.4 is 15.2 Å². The number of nitrogens with two attached hydrogens (primary N) is 1. The molecule has 10 heteroatoms. The molecule has 156 valence electrons. The third-order valence-corrected chi connectivity index (χ3v) is 4.81. The minimum Gasteiger partial charge on any atom is -0.493 e. The number of carboxylic acids is 1. The fourth-order valence-electron chi connectivity index (χ4n) is 3.62. The lowest BCUT2D eigenvalue weighted by molar-refractivity contribution is -0.274. The van der Waals surface area contributed by atoms with Crippen molar-refractivity contribution in [1.29, 1.82) is 0 Å². The second-order valence-electron chi connectivity index (χ2n) is 6.83. The van der Waals surface area contributed by atoms with Crippen molar-refractivity contribution in [1.82, 2.24) is 4.57 Å². The Balaban J connectivity index is 1.87. The topological polar surface area (TPSA) is 104 Å². The molecule has 4 rings (SSSR count). The summed E-state index contributed by atoms with van der Waals surface area (Å²) in [6.07, 6.45) is -5.01. The van der Waals surface area contributed by atoms with Gasteiger partial charge in [-0.15, -0.1) is 13.2 Å². The van der Waals surface area contributed by atoms with Crippen LogP contribution in [0.15, 0.2) is 42.5 Å². The molecule has 1 aromatic heterocycles. The molecule has 1 unspecified atom stereocenters. The van der Waals surface area contributed by atoms with Crippen LogP contribution in [0.25, 0.3) is 16.6 Å². The number of hydrogen-bond donors (Lipinski definition) is 2. The highest BCUT2D eigenvalue weighted by atomic mass is 19.4. The standard InChI is InChI=1S/C20H15F3N2O5/c21-20(22,23)30-13-3-1-10-5-16(19(24)28)25(15(10)8-13)12-2-4-17-14(7-12)11(9-29-17)6-18(26)27/h1-5,7-8,11H,6,9H2,(H2,24,28)(H,26,27). The lowest BCUT2D eigenvalue weighted by atomic mass is 9.97. The van der Waals surface area contributed by atoms with Gasteiger partial charge in [-0.05, 0) is 36.4 Å². The van der Waals surface area contributed by atoms with Crippen LogP contribution in [0.1, 0.15) is 28.4 Å². The number of primary amides is 1. The summed E-state index contributed by atoms with van der Waals surface area (Å²) in [5.74, 6) is -2.08. The lowest BCUT2D eigenvalue weighted by Crippen LogP contribution is -2.17. The number of benzene rings is 2. The van der Waals surface area contributed by atoms with E-state index in [9.17, 15) is 22.8 Å². The summed E-state index contributed by atoms with van der Waals surface area (Å²) in [6.45, 7) is 0.198. The molecule has 1 atom stereocenters. The van der Waals surface area contributed by atoms with E-state index in [-0.39, 0.29) is 30.2 Å². The highest BCUT2D eigenvalue weighted by molar-refractivity contribution is 5.99. The predicted molar refractivity (Wildman–Crippen MR) is 99.0 cm³/mol. The lowest BCUT2D eigenvalue weighted by Gasteiger charge is -2.13. The van der Waals surface area contributed by atoms with Crippen LogP contribution >= 0.6 is 0 Å². The number of ether oxygens (including phenoxy) is 2. The first kappa shape index (κ1) is 19.6.